The van der Waals surface area contributed by atoms with Gasteiger partial charge in [0, 0.05) is 25.2 Å². The molecular weight excluding hydrogens is 316 g/mol. The standard InChI is InChI=1S/C19H22N4O2/c1-12-6-7-23(16(9-12)17-5-4-8-25-17)19(24)14-10-15-13(2)21-22(3)18(15)20-11-14/h4-5,8,10-12,16H,6-7,9H2,1-3H3/t12-,16-/m0/s1. The SMILES string of the molecule is Cc1nn(C)c2ncc(C(=O)N3CC[C@H](C)C[C@H]3c3ccco3)cc12. The third kappa shape index (κ3) is 2.71. The molecule has 0 aromatic carbocycles. The molecule has 3 aromatic heterocycles. The molecule has 6 nitrogen and oxygen atoms in total. The van der Waals surface area contributed by atoms with Crippen molar-refractivity contribution in [3.8, 4) is 0 Å². The van der Waals surface area contributed by atoms with E-state index in [1.165, 1.54) is 0 Å². The Balaban J connectivity index is 1.70. The molecule has 130 valence electrons. The molecule has 1 amide bonds. The highest BCUT2D eigenvalue weighted by molar-refractivity contribution is 5.97. The lowest BCUT2D eigenvalue weighted by Gasteiger charge is -2.37. The van der Waals surface area contributed by atoms with Gasteiger partial charge >= 0.3 is 0 Å². The third-order valence-corrected chi connectivity index (χ3v) is 5.11. The van der Waals surface area contributed by atoms with Crippen LogP contribution in [0, 0.1) is 12.8 Å². The second-order valence-corrected chi connectivity index (χ2v) is 6.96. The van der Waals surface area contributed by atoms with Crippen molar-refractivity contribution in [2.45, 2.75) is 32.7 Å². The lowest BCUT2D eigenvalue weighted by atomic mass is 9.90. The fourth-order valence-electron chi connectivity index (χ4n) is 3.73. The van der Waals surface area contributed by atoms with Crippen LogP contribution in [0.2, 0.25) is 0 Å². The summed E-state index contributed by atoms with van der Waals surface area (Å²) >= 11 is 0. The van der Waals surface area contributed by atoms with Crippen molar-refractivity contribution in [1.29, 1.82) is 0 Å². The molecule has 1 fully saturated rings. The van der Waals surface area contributed by atoms with Crippen molar-refractivity contribution >= 4 is 16.9 Å². The number of rotatable bonds is 2. The summed E-state index contributed by atoms with van der Waals surface area (Å²) in [5.74, 6) is 1.43. The summed E-state index contributed by atoms with van der Waals surface area (Å²) in [7, 11) is 1.86. The minimum absolute atomic E-state index is 0.00551. The molecule has 6 heteroatoms. The number of aryl methyl sites for hydroxylation is 2. The normalized spacial score (nSPS) is 21.0. The molecule has 1 saturated heterocycles. The van der Waals surface area contributed by atoms with E-state index in [2.05, 4.69) is 17.0 Å². The molecule has 2 atom stereocenters. The quantitative estimate of drug-likeness (QED) is 0.717. The number of hydrogen-bond acceptors (Lipinski definition) is 4. The number of aromatic nitrogens is 3. The lowest BCUT2D eigenvalue weighted by molar-refractivity contribution is 0.0520. The van der Waals surface area contributed by atoms with Gasteiger partial charge in [0.25, 0.3) is 5.91 Å². The molecule has 4 heterocycles. The van der Waals surface area contributed by atoms with Crippen LogP contribution in [0.3, 0.4) is 0 Å². The van der Waals surface area contributed by atoms with Crippen molar-refractivity contribution in [3.63, 3.8) is 0 Å². The number of amides is 1. The van der Waals surface area contributed by atoms with E-state index in [-0.39, 0.29) is 11.9 Å². The smallest absolute Gasteiger partial charge is 0.256 e. The molecule has 1 aliphatic rings. The fraction of sp³-hybridized carbons (Fsp3) is 0.421. The molecule has 0 unspecified atom stereocenters. The Kier molecular flexibility index (Phi) is 3.82. The van der Waals surface area contributed by atoms with Crippen LogP contribution in [0.1, 0.15) is 47.6 Å². The Hall–Kier alpha value is -2.63. The molecule has 4 rings (SSSR count). The number of nitrogens with zero attached hydrogens (tertiary/aromatic N) is 4. The van der Waals surface area contributed by atoms with Gasteiger partial charge in [-0.1, -0.05) is 6.92 Å². The van der Waals surface area contributed by atoms with E-state index < -0.39 is 0 Å². The van der Waals surface area contributed by atoms with Gasteiger partial charge in [-0.05, 0) is 43.9 Å². The predicted octanol–water partition coefficient (Wildman–Crippen LogP) is 3.48. The average Bonchev–Trinajstić information content (AvgIpc) is 3.23. The first-order valence-electron chi connectivity index (χ1n) is 8.68. The summed E-state index contributed by atoms with van der Waals surface area (Å²) in [5, 5.41) is 5.31. The average molecular weight is 338 g/mol. The van der Waals surface area contributed by atoms with Crippen LogP contribution < -0.4 is 0 Å². The van der Waals surface area contributed by atoms with E-state index in [1.54, 1.807) is 17.1 Å². The molecule has 25 heavy (non-hydrogen) atoms. The maximum atomic E-state index is 13.2. The molecule has 3 aromatic rings. The number of furan rings is 1. The zero-order valence-corrected chi connectivity index (χ0v) is 14.8. The highest BCUT2D eigenvalue weighted by atomic mass is 16.3. The molecule has 0 saturated carbocycles. The van der Waals surface area contributed by atoms with Gasteiger partial charge in [-0.3, -0.25) is 9.48 Å². The first kappa shape index (κ1) is 15.9. The predicted molar refractivity (Wildman–Crippen MR) is 94.1 cm³/mol. The number of carbonyl (C=O) groups excluding carboxylic acids is 1. The van der Waals surface area contributed by atoms with E-state index in [9.17, 15) is 4.79 Å². The van der Waals surface area contributed by atoms with E-state index in [4.69, 9.17) is 4.42 Å². The van der Waals surface area contributed by atoms with Crippen LogP contribution in [0.15, 0.2) is 35.1 Å². The van der Waals surface area contributed by atoms with Crippen molar-refractivity contribution in [2.24, 2.45) is 13.0 Å². The van der Waals surface area contributed by atoms with Gasteiger partial charge in [0.05, 0.1) is 23.6 Å². The Morgan fingerprint density at radius 3 is 3.00 bits per heavy atom. The lowest BCUT2D eigenvalue weighted by Crippen LogP contribution is -2.40. The maximum absolute atomic E-state index is 13.2. The second kappa shape index (κ2) is 6.02. The zero-order chi connectivity index (χ0) is 17.6. The summed E-state index contributed by atoms with van der Waals surface area (Å²) in [6.45, 7) is 4.90. The van der Waals surface area contributed by atoms with Gasteiger partial charge in [0.15, 0.2) is 5.65 Å². The van der Waals surface area contributed by atoms with Crippen LogP contribution in [0.25, 0.3) is 11.0 Å². The minimum atomic E-state index is -0.0167. The minimum Gasteiger partial charge on any atom is -0.467 e. The third-order valence-electron chi connectivity index (χ3n) is 5.11. The summed E-state index contributed by atoms with van der Waals surface area (Å²) < 4.78 is 7.35. The molecule has 0 radical (unpaired) electrons. The number of likely N-dealkylation sites (tertiary alicyclic amines) is 1. The highest BCUT2D eigenvalue weighted by Crippen LogP contribution is 2.35. The van der Waals surface area contributed by atoms with Crippen LogP contribution in [0.4, 0.5) is 0 Å². The Labute approximate surface area is 146 Å². The maximum Gasteiger partial charge on any atom is 0.256 e. The first-order valence-corrected chi connectivity index (χ1v) is 8.68. The van der Waals surface area contributed by atoms with E-state index in [0.29, 0.717) is 11.5 Å². The van der Waals surface area contributed by atoms with Crippen molar-refractivity contribution < 1.29 is 9.21 Å². The second-order valence-electron chi connectivity index (χ2n) is 6.96. The molecule has 1 aliphatic heterocycles. The summed E-state index contributed by atoms with van der Waals surface area (Å²) in [6, 6.07) is 5.72. The zero-order valence-electron chi connectivity index (χ0n) is 14.8. The summed E-state index contributed by atoms with van der Waals surface area (Å²) in [6.07, 6.45) is 5.25. The Morgan fingerprint density at radius 2 is 2.24 bits per heavy atom. The molecule has 0 aliphatic carbocycles. The topological polar surface area (TPSA) is 64.2 Å². The van der Waals surface area contributed by atoms with Gasteiger partial charge in [0.1, 0.15) is 5.76 Å². The van der Waals surface area contributed by atoms with Gasteiger partial charge in [-0.25, -0.2) is 4.98 Å². The van der Waals surface area contributed by atoms with E-state index >= 15 is 0 Å². The van der Waals surface area contributed by atoms with Crippen molar-refractivity contribution in [1.82, 2.24) is 19.7 Å². The molecule has 0 spiro atoms. The number of hydrogen-bond donors (Lipinski definition) is 0. The Bertz CT molecular complexity index is 913. The van der Waals surface area contributed by atoms with Gasteiger partial charge in [0.2, 0.25) is 0 Å². The number of carbonyl (C=O) groups is 1. The number of piperidine rings is 1. The van der Waals surface area contributed by atoms with E-state index in [0.717, 1.165) is 41.9 Å². The largest absolute Gasteiger partial charge is 0.467 e. The van der Waals surface area contributed by atoms with Crippen molar-refractivity contribution in [3.05, 3.63) is 47.7 Å². The molecule has 0 bridgehead atoms. The molecule has 0 N–H and O–H groups in total. The van der Waals surface area contributed by atoms with Crippen molar-refractivity contribution in [2.75, 3.05) is 6.54 Å². The fourth-order valence-corrected chi connectivity index (χ4v) is 3.73. The van der Waals surface area contributed by atoms with Gasteiger partial charge < -0.3 is 9.32 Å². The van der Waals surface area contributed by atoms with Gasteiger partial charge in [-0.2, -0.15) is 5.10 Å². The Morgan fingerprint density at radius 1 is 1.40 bits per heavy atom. The summed E-state index contributed by atoms with van der Waals surface area (Å²) in [5.41, 5.74) is 2.29. The number of pyridine rings is 1. The number of fused-ring (bicyclic) bond motifs is 1. The van der Waals surface area contributed by atoms with Gasteiger partial charge in [-0.15, -0.1) is 0 Å². The highest BCUT2D eigenvalue weighted by Gasteiger charge is 2.33. The van der Waals surface area contributed by atoms with Crippen LogP contribution in [-0.4, -0.2) is 32.1 Å². The molecular formula is C19H22N4O2. The monoisotopic (exact) mass is 338 g/mol. The summed E-state index contributed by atoms with van der Waals surface area (Å²) in [4.78, 5) is 19.6. The van der Waals surface area contributed by atoms with Crippen LogP contribution in [-0.2, 0) is 7.05 Å². The first-order chi connectivity index (χ1) is 12.0. The van der Waals surface area contributed by atoms with Crippen LogP contribution in [0.5, 0.6) is 0 Å². The van der Waals surface area contributed by atoms with E-state index in [1.807, 2.05) is 37.1 Å². The van der Waals surface area contributed by atoms with Crippen LogP contribution >= 0.6 is 0 Å².